The Balaban J connectivity index is 1.46. The van der Waals surface area contributed by atoms with Gasteiger partial charge in [-0.3, -0.25) is 0 Å². The first-order valence-electron chi connectivity index (χ1n) is 11.7. The Morgan fingerprint density at radius 3 is 1.83 bits per heavy atom. The highest BCUT2D eigenvalue weighted by molar-refractivity contribution is 5.26. The fourth-order valence-electron chi connectivity index (χ4n) is 3.98. The predicted molar refractivity (Wildman–Crippen MR) is 130 cm³/mol. The van der Waals surface area contributed by atoms with Crippen molar-refractivity contribution in [3.8, 4) is 5.75 Å². The molecule has 0 spiro atoms. The van der Waals surface area contributed by atoms with Crippen molar-refractivity contribution in [2.75, 3.05) is 13.7 Å². The predicted octanol–water partition coefficient (Wildman–Crippen LogP) is 3.46. The normalized spacial score (nSPS) is 24.3. The maximum Gasteiger partial charge on any atom is 0.184 e. The first kappa shape index (κ1) is 25.3. The summed E-state index contributed by atoms with van der Waals surface area (Å²) in [6.45, 7) is 1.08. The molecule has 5 atom stereocenters. The quantitative estimate of drug-likeness (QED) is 0.435. The summed E-state index contributed by atoms with van der Waals surface area (Å²) in [5.41, 5.74) is 2.90. The van der Waals surface area contributed by atoms with E-state index in [-0.39, 0.29) is 13.2 Å². The third-order valence-corrected chi connectivity index (χ3v) is 5.91. The van der Waals surface area contributed by atoms with Gasteiger partial charge in [-0.15, -0.1) is 0 Å². The van der Waals surface area contributed by atoms with Gasteiger partial charge in [-0.25, -0.2) is 0 Å². The Labute approximate surface area is 205 Å². The van der Waals surface area contributed by atoms with Crippen LogP contribution in [0.3, 0.4) is 0 Å². The molecule has 0 radical (unpaired) electrons. The van der Waals surface area contributed by atoms with E-state index in [1.807, 2.05) is 84.9 Å². The third kappa shape index (κ3) is 7.11. The fraction of sp³-hybridized carbons (Fsp3) is 0.357. The molecule has 1 aliphatic rings. The Kier molecular flexibility index (Phi) is 9.25. The van der Waals surface area contributed by atoms with Crippen molar-refractivity contribution < 1.29 is 33.9 Å². The maximum absolute atomic E-state index is 10.7. The molecular weight excluding hydrogens is 448 g/mol. The van der Waals surface area contributed by atoms with Gasteiger partial charge in [0.2, 0.25) is 0 Å². The van der Waals surface area contributed by atoms with Crippen LogP contribution in [0.4, 0.5) is 0 Å². The number of methoxy groups -OCH3 is 1. The van der Waals surface area contributed by atoms with Crippen molar-refractivity contribution in [3.05, 3.63) is 102 Å². The van der Waals surface area contributed by atoms with E-state index in [0.29, 0.717) is 13.2 Å². The van der Waals surface area contributed by atoms with Crippen LogP contribution in [0.5, 0.6) is 5.75 Å². The van der Waals surface area contributed by atoms with Crippen molar-refractivity contribution in [3.63, 3.8) is 0 Å². The molecule has 0 amide bonds. The minimum atomic E-state index is -1.42. The molecule has 2 N–H and O–H groups in total. The molecule has 1 fully saturated rings. The van der Waals surface area contributed by atoms with E-state index in [9.17, 15) is 10.2 Å². The molecule has 7 nitrogen and oxygen atoms in total. The number of aliphatic hydroxyl groups excluding tert-OH is 2. The molecule has 4 rings (SSSR count). The highest BCUT2D eigenvalue weighted by Gasteiger charge is 2.46. The van der Waals surface area contributed by atoms with Crippen molar-refractivity contribution in [1.29, 1.82) is 0 Å². The van der Waals surface area contributed by atoms with Gasteiger partial charge in [-0.1, -0.05) is 72.8 Å². The second-order valence-corrected chi connectivity index (χ2v) is 8.44. The summed E-state index contributed by atoms with van der Waals surface area (Å²) in [7, 11) is 1.61. The van der Waals surface area contributed by atoms with Crippen LogP contribution in [-0.2, 0) is 38.8 Å². The van der Waals surface area contributed by atoms with Gasteiger partial charge in [-0.2, -0.15) is 0 Å². The van der Waals surface area contributed by atoms with Gasteiger partial charge < -0.3 is 33.9 Å². The van der Waals surface area contributed by atoms with Crippen molar-refractivity contribution >= 4 is 0 Å². The van der Waals surface area contributed by atoms with E-state index in [0.717, 1.165) is 22.4 Å². The zero-order valence-electron chi connectivity index (χ0n) is 19.7. The minimum absolute atomic E-state index is 0.167. The summed E-state index contributed by atoms with van der Waals surface area (Å²) in [6, 6.07) is 27.0. The van der Waals surface area contributed by atoms with Crippen LogP contribution in [0.2, 0.25) is 0 Å². The zero-order chi connectivity index (χ0) is 24.5. The van der Waals surface area contributed by atoms with Gasteiger partial charge in [-0.05, 0) is 28.8 Å². The lowest BCUT2D eigenvalue weighted by Crippen LogP contribution is -2.60. The summed E-state index contributed by atoms with van der Waals surface area (Å²) in [4.78, 5) is 0. The molecule has 1 heterocycles. The highest BCUT2D eigenvalue weighted by atomic mass is 16.7. The van der Waals surface area contributed by atoms with Crippen LogP contribution < -0.4 is 4.74 Å². The van der Waals surface area contributed by atoms with Crippen molar-refractivity contribution in [2.45, 2.75) is 50.5 Å². The van der Waals surface area contributed by atoms with E-state index in [4.69, 9.17) is 23.7 Å². The summed E-state index contributed by atoms with van der Waals surface area (Å²) in [5, 5.41) is 21.2. The number of rotatable bonds is 11. The van der Waals surface area contributed by atoms with Gasteiger partial charge in [0.1, 0.15) is 30.2 Å². The first-order chi connectivity index (χ1) is 17.1. The summed E-state index contributed by atoms with van der Waals surface area (Å²) in [5.74, 6) is 0.745. The van der Waals surface area contributed by atoms with Crippen molar-refractivity contribution in [2.24, 2.45) is 0 Å². The van der Waals surface area contributed by atoms with E-state index in [1.54, 1.807) is 7.11 Å². The van der Waals surface area contributed by atoms with Crippen LogP contribution in [0.25, 0.3) is 0 Å². The number of benzene rings is 3. The number of aliphatic hydroxyl groups is 2. The van der Waals surface area contributed by atoms with Crippen LogP contribution in [0, 0.1) is 0 Å². The topological polar surface area (TPSA) is 86.6 Å². The average Bonchev–Trinajstić information content (AvgIpc) is 2.90. The molecule has 7 heteroatoms. The van der Waals surface area contributed by atoms with Crippen LogP contribution in [-0.4, -0.2) is 54.6 Å². The van der Waals surface area contributed by atoms with Crippen LogP contribution >= 0.6 is 0 Å². The van der Waals surface area contributed by atoms with Gasteiger partial charge in [0.25, 0.3) is 0 Å². The molecular formula is C28H32O7. The van der Waals surface area contributed by atoms with E-state index >= 15 is 0 Å². The Morgan fingerprint density at radius 2 is 1.23 bits per heavy atom. The maximum atomic E-state index is 10.7. The van der Waals surface area contributed by atoms with E-state index < -0.39 is 30.7 Å². The lowest BCUT2D eigenvalue weighted by atomic mass is 9.98. The molecule has 1 saturated heterocycles. The molecule has 3 aromatic rings. The molecule has 186 valence electrons. The Hall–Kier alpha value is -2.78. The zero-order valence-corrected chi connectivity index (χ0v) is 19.7. The van der Waals surface area contributed by atoms with E-state index in [2.05, 4.69) is 0 Å². The first-order valence-corrected chi connectivity index (χ1v) is 11.7. The van der Waals surface area contributed by atoms with Crippen LogP contribution in [0.1, 0.15) is 16.7 Å². The molecule has 0 saturated carbocycles. The largest absolute Gasteiger partial charge is 0.497 e. The lowest BCUT2D eigenvalue weighted by Gasteiger charge is -2.42. The number of ether oxygens (including phenoxy) is 5. The molecule has 0 bridgehead atoms. The molecule has 35 heavy (non-hydrogen) atoms. The Bertz CT molecular complexity index is 997. The molecule has 0 unspecified atom stereocenters. The summed E-state index contributed by atoms with van der Waals surface area (Å²) in [6.07, 6.45) is -4.82. The summed E-state index contributed by atoms with van der Waals surface area (Å²) < 4.78 is 29.1. The molecule has 0 aromatic heterocycles. The SMILES string of the molecule is COc1ccc(CO[C@@H]2[C@@H](O)[C@H](O)O[C@H](COCc3ccccc3)[C@@H]2OCc2ccccc2)cc1. The second-order valence-electron chi connectivity index (χ2n) is 8.44. The second kappa shape index (κ2) is 12.8. The molecule has 1 aliphatic heterocycles. The van der Waals surface area contributed by atoms with Gasteiger partial charge in [0.05, 0.1) is 33.5 Å². The summed E-state index contributed by atoms with van der Waals surface area (Å²) >= 11 is 0. The van der Waals surface area contributed by atoms with E-state index in [1.165, 1.54) is 0 Å². The number of hydrogen-bond donors (Lipinski definition) is 2. The number of hydrogen-bond acceptors (Lipinski definition) is 7. The smallest absolute Gasteiger partial charge is 0.184 e. The lowest BCUT2D eigenvalue weighted by molar-refractivity contribution is -0.307. The van der Waals surface area contributed by atoms with Gasteiger partial charge in [0.15, 0.2) is 6.29 Å². The Morgan fingerprint density at radius 1 is 0.686 bits per heavy atom. The standard InChI is InChI=1S/C28H32O7/c1-31-23-14-12-22(13-15-23)18-34-27-25(29)28(30)35-24(19-32-16-20-8-4-2-5-9-20)26(27)33-17-21-10-6-3-7-11-21/h2-15,24-30H,16-19H2,1H3/t24-,25-,26+,27-,28-/m1/s1. The van der Waals surface area contributed by atoms with Gasteiger partial charge >= 0.3 is 0 Å². The van der Waals surface area contributed by atoms with Crippen LogP contribution in [0.15, 0.2) is 84.9 Å². The minimum Gasteiger partial charge on any atom is -0.497 e. The van der Waals surface area contributed by atoms with Crippen molar-refractivity contribution in [1.82, 2.24) is 0 Å². The fourth-order valence-corrected chi connectivity index (χ4v) is 3.98. The monoisotopic (exact) mass is 480 g/mol. The third-order valence-electron chi connectivity index (χ3n) is 5.91. The molecule has 0 aliphatic carbocycles. The average molecular weight is 481 g/mol. The highest BCUT2D eigenvalue weighted by Crippen LogP contribution is 2.27. The van der Waals surface area contributed by atoms with Gasteiger partial charge in [0, 0.05) is 0 Å². The molecule has 3 aromatic carbocycles.